The molecule has 0 bridgehead atoms. The normalized spacial score (nSPS) is 12.9. The van der Waals surface area contributed by atoms with Crippen LogP contribution in [0.3, 0.4) is 0 Å². The molecule has 0 aliphatic heterocycles. The van der Waals surface area contributed by atoms with Crippen molar-refractivity contribution in [2.24, 2.45) is 0 Å². The predicted octanol–water partition coefficient (Wildman–Crippen LogP) is 9.84. The smallest absolute Gasteiger partial charge is 0.462 e. The lowest BCUT2D eigenvalue weighted by atomic mass is 10.1. The highest BCUT2D eigenvalue weighted by Crippen LogP contribution is 2.35. The molecule has 256 valence electrons. The summed E-state index contributed by atoms with van der Waals surface area (Å²) < 4.78 is 26.2. The molecule has 0 aromatic heterocycles. The van der Waals surface area contributed by atoms with E-state index in [1.54, 1.807) is 0 Å². The Bertz CT molecular complexity index is 818. The van der Waals surface area contributed by atoms with Gasteiger partial charge in [-0.1, -0.05) is 115 Å². The molecule has 0 aromatic rings. The summed E-state index contributed by atoms with van der Waals surface area (Å²) in [5, 5.41) is 0. The molecule has 9 heteroatoms. The first kappa shape index (κ1) is 42.3. The monoisotopic (exact) mass is 642 g/mol. The molecule has 0 radical (unpaired) electrons. The SMILES string of the molecule is CCCC/C=C\CCCCCCCC(=O)OCC(COP(=O)(O)O)OC(=O)CCCCCCC/C=C\C/C=C\CCCCC. The molecule has 0 aliphatic rings. The maximum Gasteiger partial charge on any atom is 0.469 e. The largest absolute Gasteiger partial charge is 0.469 e. The number of ether oxygens (including phenoxy) is 2. The molecular formula is C35H63O8P. The van der Waals surface area contributed by atoms with Gasteiger partial charge in [0.05, 0.1) is 6.61 Å². The molecule has 1 atom stereocenters. The number of esters is 2. The van der Waals surface area contributed by atoms with Crippen LogP contribution in [0.2, 0.25) is 0 Å². The van der Waals surface area contributed by atoms with Crippen molar-refractivity contribution in [3.63, 3.8) is 0 Å². The van der Waals surface area contributed by atoms with E-state index in [0.29, 0.717) is 12.8 Å². The third-order valence-corrected chi connectivity index (χ3v) is 7.62. The van der Waals surface area contributed by atoms with Crippen LogP contribution in [-0.4, -0.2) is 41.0 Å². The highest BCUT2D eigenvalue weighted by Gasteiger charge is 2.22. The minimum atomic E-state index is -4.75. The molecule has 0 fully saturated rings. The van der Waals surface area contributed by atoms with Gasteiger partial charge in [-0.15, -0.1) is 0 Å². The second-order valence-electron chi connectivity index (χ2n) is 11.5. The molecule has 0 rings (SSSR count). The minimum absolute atomic E-state index is 0.194. The Morgan fingerprint density at radius 2 is 1.05 bits per heavy atom. The number of hydrogen-bond donors (Lipinski definition) is 2. The van der Waals surface area contributed by atoms with E-state index in [1.807, 2.05) is 0 Å². The number of unbranched alkanes of at least 4 members (excludes halogenated alkanes) is 15. The van der Waals surface area contributed by atoms with E-state index < -0.39 is 32.5 Å². The number of phosphoric acid groups is 1. The Morgan fingerprint density at radius 1 is 0.591 bits per heavy atom. The summed E-state index contributed by atoms with van der Waals surface area (Å²) in [6.07, 6.45) is 34.4. The second-order valence-corrected chi connectivity index (χ2v) is 12.7. The Morgan fingerprint density at radius 3 is 1.59 bits per heavy atom. The van der Waals surface area contributed by atoms with Crippen LogP contribution < -0.4 is 0 Å². The lowest BCUT2D eigenvalue weighted by Crippen LogP contribution is -2.29. The molecule has 0 spiro atoms. The van der Waals surface area contributed by atoms with Gasteiger partial charge in [0.15, 0.2) is 6.10 Å². The molecule has 0 saturated carbocycles. The summed E-state index contributed by atoms with van der Waals surface area (Å²) in [4.78, 5) is 42.5. The Balaban J connectivity index is 4.05. The predicted molar refractivity (Wildman–Crippen MR) is 179 cm³/mol. The number of allylic oxidation sites excluding steroid dienone is 6. The number of phosphoric ester groups is 1. The quantitative estimate of drug-likeness (QED) is 0.0332. The molecule has 0 amide bonds. The van der Waals surface area contributed by atoms with Crippen molar-refractivity contribution in [2.75, 3.05) is 13.2 Å². The van der Waals surface area contributed by atoms with Crippen molar-refractivity contribution < 1.29 is 37.9 Å². The van der Waals surface area contributed by atoms with Gasteiger partial charge in [0.2, 0.25) is 0 Å². The second kappa shape index (κ2) is 31.3. The molecule has 0 heterocycles. The van der Waals surface area contributed by atoms with Crippen molar-refractivity contribution in [2.45, 2.75) is 161 Å². The first-order chi connectivity index (χ1) is 21.3. The summed E-state index contributed by atoms with van der Waals surface area (Å²) >= 11 is 0. The van der Waals surface area contributed by atoms with Crippen LogP contribution in [-0.2, 0) is 28.2 Å². The summed E-state index contributed by atoms with van der Waals surface area (Å²) in [6.45, 7) is 3.57. The summed E-state index contributed by atoms with van der Waals surface area (Å²) in [5.41, 5.74) is 0. The maximum absolute atomic E-state index is 12.3. The topological polar surface area (TPSA) is 119 Å². The molecule has 0 aliphatic carbocycles. The third kappa shape index (κ3) is 33.2. The molecule has 0 aromatic carbocycles. The van der Waals surface area contributed by atoms with Gasteiger partial charge in [-0.25, -0.2) is 4.57 Å². The molecule has 8 nitrogen and oxygen atoms in total. The van der Waals surface area contributed by atoms with Gasteiger partial charge in [0, 0.05) is 12.8 Å². The van der Waals surface area contributed by atoms with E-state index in [2.05, 4.69) is 54.8 Å². The van der Waals surface area contributed by atoms with Gasteiger partial charge in [0.25, 0.3) is 0 Å². The van der Waals surface area contributed by atoms with Gasteiger partial charge in [-0.05, 0) is 64.2 Å². The van der Waals surface area contributed by atoms with Crippen LogP contribution in [0.25, 0.3) is 0 Å². The summed E-state index contributed by atoms with van der Waals surface area (Å²) in [7, 11) is -4.75. The lowest BCUT2D eigenvalue weighted by molar-refractivity contribution is -0.161. The molecular weight excluding hydrogens is 579 g/mol. The number of hydrogen-bond acceptors (Lipinski definition) is 6. The van der Waals surface area contributed by atoms with Crippen molar-refractivity contribution >= 4 is 19.8 Å². The average molecular weight is 643 g/mol. The lowest BCUT2D eigenvalue weighted by Gasteiger charge is -2.18. The number of rotatable bonds is 31. The van der Waals surface area contributed by atoms with Gasteiger partial charge in [-0.3, -0.25) is 14.1 Å². The first-order valence-electron chi connectivity index (χ1n) is 17.3. The molecule has 1 unspecified atom stereocenters. The standard InChI is InChI=1S/C35H63O8P/c1-3-5-7-9-11-13-15-16-17-18-20-22-24-26-28-30-35(37)43-33(32-42-44(38,39)40)31-41-34(36)29-27-25-23-21-19-14-12-10-8-6-4-2/h10-13,16-17,33H,3-9,14-15,18-32H2,1-2H3,(H2,38,39,40)/b12-10-,13-11-,17-16-. The van der Waals surface area contributed by atoms with Crippen LogP contribution in [0.15, 0.2) is 36.5 Å². The summed E-state index contributed by atoms with van der Waals surface area (Å²) in [5.74, 6) is -0.916. The van der Waals surface area contributed by atoms with Crippen LogP contribution in [0, 0.1) is 0 Å². The number of carbonyl (C=O) groups excluding carboxylic acids is 2. The highest BCUT2D eigenvalue weighted by atomic mass is 31.2. The molecule has 44 heavy (non-hydrogen) atoms. The van der Waals surface area contributed by atoms with E-state index in [1.165, 1.54) is 38.5 Å². The van der Waals surface area contributed by atoms with E-state index >= 15 is 0 Å². The Kier molecular flexibility index (Phi) is 30.0. The van der Waals surface area contributed by atoms with Gasteiger partial charge < -0.3 is 19.3 Å². The van der Waals surface area contributed by atoms with Crippen LogP contribution >= 0.6 is 7.82 Å². The zero-order chi connectivity index (χ0) is 32.6. The fourth-order valence-corrected chi connectivity index (χ4v) is 4.86. The number of carbonyl (C=O) groups is 2. The Hall–Kier alpha value is -1.73. The fraction of sp³-hybridized carbons (Fsp3) is 0.771. The highest BCUT2D eigenvalue weighted by molar-refractivity contribution is 7.46. The van der Waals surface area contributed by atoms with Crippen molar-refractivity contribution in [3.05, 3.63) is 36.5 Å². The van der Waals surface area contributed by atoms with Crippen molar-refractivity contribution in [1.29, 1.82) is 0 Å². The van der Waals surface area contributed by atoms with Gasteiger partial charge >= 0.3 is 19.8 Å². The van der Waals surface area contributed by atoms with E-state index in [9.17, 15) is 14.2 Å². The average Bonchev–Trinajstić information content (AvgIpc) is 2.98. The van der Waals surface area contributed by atoms with Gasteiger partial charge in [0.1, 0.15) is 6.61 Å². The van der Waals surface area contributed by atoms with Crippen LogP contribution in [0.1, 0.15) is 155 Å². The third-order valence-electron chi connectivity index (χ3n) is 7.13. The van der Waals surface area contributed by atoms with Crippen molar-refractivity contribution in [3.8, 4) is 0 Å². The minimum Gasteiger partial charge on any atom is -0.462 e. The van der Waals surface area contributed by atoms with Crippen LogP contribution in [0.4, 0.5) is 0 Å². The Labute approximate surface area is 268 Å². The van der Waals surface area contributed by atoms with E-state index in [0.717, 1.165) is 77.0 Å². The van der Waals surface area contributed by atoms with Crippen molar-refractivity contribution in [1.82, 2.24) is 0 Å². The zero-order valence-electron chi connectivity index (χ0n) is 27.8. The molecule has 2 N–H and O–H groups in total. The molecule has 0 saturated heterocycles. The van der Waals surface area contributed by atoms with E-state index in [-0.39, 0.29) is 19.4 Å². The fourth-order valence-electron chi connectivity index (χ4n) is 4.50. The summed E-state index contributed by atoms with van der Waals surface area (Å²) in [6, 6.07) is 0. The van der Waals surface area contributed by atoms with Gasteiger partial charge in [-0.2, -0.15) is 0 Å². The van der Waals surface area contributed by atoms with E-state index in [4.69, 9.17) is 19.3 Å². The maximum atomic E-state index is 12.3. The van der Waals surface area contributed by atoms with Crippen LogP contribution in [0.5, 0.6) is 0 Å². The first-order valence-corrected chi connectivity index (χ1v) is 18.8. The zero-order valence-corrected chi connectivity index (χ0v) is 28.7.